The van der Waals surface area contributed by atoms with E-state index in [1.807, 2.05) is 6.92 Å². The maximum Gasteiger partial charge on any atom is 0.272 e. The zero-order chi connectivity index (χ0) is 17.9. The first kappa shape index (κ1) is 17.9. The van der Waals surface area contributed by atoms with Crippen LogP contribution in [-0.4, -0.2) is 24.7 Å². The fraction of sp³-hybridized carbons (Fsp3) is 0.421. The van der Waals surface area contributed by atoms with Crippen molar-refractivity contribution in [3.05, 3.63) is 40.7 Å². The third-order valence-electron chi connectivity index (χ3n) is 4.45. The normalized spacial score (nSPS) is 10.6. The lowest BCUT2D eigenvalue weighted by Crippen LogP contribution is -2.18. The number of benzene rings is 1. The average Bonchev–Trinajstić information content (AvgIpc) is 2.83. The molecule has 130 valence electrons. The first-order chi connectivity index (χ1) is 11.5. The summed E-state index contributed by atoms with van der Waals surface area (Å²) >= 11 is 0. The molecule has 0 radical (unpaired) electrons. The van der Waals surface area contributed by atoms with Gasteiger partial charge in [-0.3, -0.25) is 4.79 Å². The smallest absolute Gasteiger partial charge is 0.272 e. The van der Waals surface area contributed by atoms with E-state index in [0.717, 1.165) is 29.9 Å². The van der Waals surface area contributed by atoms with Crippen LogP contribution in [0, 0.1) is 13.8 Å². The Morgan fingerprint density at radius 3 is 2.33 bits per heavy atom. The van der Waals surface area contributed by atoms with Gasteiger partial charge < -0.3 is 19.4 Å². The van der Waals surface area contributed by atoms with Crippen LogP contribution in [0.5, 0.6) is 11.5 Å². The molecule has 5 heteroatoms. The molecule has 5 nitrogen and oxygen atoms in total. The van der Waals surface area contributed by atoms with E-state index in [4.69, 9.17) is 9.47 Å². The molecular weight excluding hydrogens is 304 g/mol. The van der Waals surface area contributed by atoms with E-state index in [1.54, 1.807) is 32.4 Å². The molecule has 1 heterocycles. The minimum atomic E-state index is -0.107. The summed E-state index contributed by atoms with van der Waals surface area (Å²) in [6.45, 7) is 9.02. The van der Waals surface area contributed by atoms with Crippen LogP contribution in [0.3, 0.4) is 0 Å². The predicted octanol–water partition coefficient (Wildman–Crippen LogP) is 3.96. The number of ether oxygens (including phenoxy) is 2. The van der Waals surface area contributed by atoms with Crippen molar-refractivity contribution in [3.63, 3.8) is 0 Å². The molecule has 2 rings (SSSR count). The summed E-state index contributed by atoms with van der Waals surface area (Å²) in [7, 11) is 3.16. The highest BCUT2D eigenvalue weighted by Crippen LogP contribution is 2.30. The number of aromatic nitrogens is 1. The molecule has 2 aromatic rings. The molecule has 0 aliphatic heterocycles. The average molecular weight is 330 g/mol. The summed E-state index contributed by atoms with van der Waals surface area (Å²) in [5, 5.41) is 2.97. The number of hydrogen-bond donors (Lipinski definition) is 1. The summed E-state index contributed by atoms with van der Waals surface area (Å²) < 4.78 is 12.6. The van der Waals surface area contributed by atoms with Crippen molar-refractivity contribution in [3.8, 4) is 11.5 Å². The van der Waals surface area contributed by atoms with Gasteiger partial charge in [0, 0.05) is 24.0 Å². The molecule has 1 amide bonds. The van der Waals surface area contributed by atoms with E-state index in [9.17, 15) is 4.79 Å². The molecule has 1 aromatic heterocycles. The third-order valence-corrected chi connectivity index (χ3v) is 4.45. The second-order valence-electron chi connectivity index (χ2n) is 5.66. The molecule has 0 spiro atoms. The number of hydrogen-bond acceptors (Lipinski definition) is 3. The Hall–Kier alpha value is -2.43. The van der Waals surface area contributed by atoms with Gasteiger partial charge in [0.2, 0.25) is 0 Å². The summed E-state index contributed by atoms with van der Waals surface area (Å²) in [6, 6.07) is 5.35. The monoisotopic (exact) mass is 330 g/mol. The maximum atomic E-state index is 12.8. The summed E-state index contributed by atoms with van der Waals surface area (Å²) in [5.41, 5.74) is 4.86. The quantitative estimate of drug-likeness (QED) is 0.872. The number of nitrogens with zero attached hydrogens (tertiary/aromatic N) is 1. The zero-order valence-corrected chi connectivity index (χ0v) is 15.3. The van der Waals surface area contributed by atoms with Crippen LogP contribution < -0.4 is 14.8 Å². The highest BCUT2D eigenvalue weighted by molar-refractivity contribution is 6.04. The van der Waals surface area contributed by atoms with Crippen LogP contribution in [0.4, 0.5) is 5.69 Å². The molecule has 0 aliphatic carbocycles. The molecule has 0 saturated heterocycles. The van der Waals surface area contributed by atoms with Crippen molar-refractivity contribution in [2.45, 2.75) is 40.7 Å². The van der Waals surface area contributed by atoms with Gasteiger partial charge in [0.25, 0.3) is 5.91 Å². The molecule has 0 atom stereocenters. The lowest BCUT2D eigenvalue weighted by molar-refractivity contribution is 0.101. The number of carbonyl (C=O) groups excluding carboxylic acids is 1. The number of anilines is 1. The lowest BCUT2D eigenvalue weighted by Gasteiger charge is -2.12. The minimum Gasteiger partial charge on any atom is -0.493 e. The Balaban J connectivity index is 2.37. The topological polar surface area (TPSA) is 52.5 Å². The van der Waals surface area contributed by atoms with Gasteiger partial charge in [0.1, 0.15) is 5.69 Å². The second-order valence-corrected chi connectivity index (χ2v) is 5.66. The van der Waals surface area contributed by atoms with Gasteiger partial charge in [-0.1, -0.05) is 6.92 Å². The summed E-state index contributed by atoms with van der Waals surface area (Å²) in [6.07, 6.45) is 0.918. The summed E-state index contributed by atoms with van der Waals surface area (Å²) in [4.78, 5) is 12.8. The van der Waals surface area contributed by atoms with Gasteiger partial charge in [0.15, 0.2) is 11.5 Å². The number of amides is 1. The second kappa shape index (κ2) is 7.43. The Morgan fingerprint density at radius 2 is 1.79 bits per heavy atom. The fourth-order valence-electron chi connectivity index (χ4n) is 3.26. The van der Waals surface area contributed by atoms with Gasteiger partial charge in [-0.15, -0.1) is 0 Å². The van der Waals surface area contributed by atoms with E-state index in [1.165, 1.54) is 5.56 Å². The van der Waals surface area contributed by atoms with E-state index >= 15 is 0 Å². The summed E-state index contributed by atoms with van der Waals surface area (Å²) in [5.74, 6) is 1.11. The molecular formula is C19H26N2O3. The van der Waals surface area contributed by atoms with E-state index in [0.29, 0.717) is 17.2 Å². The standard InChI is InChI=1S/C19H26N2O3/c1-7-15-12(3)18(21(8-2)13(15)4)19(22)20-14-9-10-16(23-5)17(11-14)24-6/h9-11H,7-8H2,1-6H3,(H,20,22). The molecule has 24 heavy (non-hydrogen) atoms. The number of rotatable bonds is 6. The predicted molar refractivity (Wildman–Crippen MR) is 96.5 cm³/mol. The third kappa shape index (κ3) is 3.11. The SMILES string of the molecule is CCc1c(C)c(C(=O)Nc2ccc(OC)c(OC)c2)n(CC)c1C. The first-order valence-electron chi connectivity index (χ1n) is 8.20. The van der Waals surface area contributed by atoms with Crippen LogP contribution in [-0.2, 0) is 13.0 Å². The van der Waals surface area contributed by atoms with Crippen LogP contribution >= 0.6 is 0 Å². The Labute approximate surface area is 143 Å². The van der Waals surface area contributed by atoms with Gasteiger partial charge in [-0.2, -0.15) is 0 Å². The van der Waals surface area contributed by atoms with Crippen molar-refractivity contribution in [2.75, 3.05) is 19.5 Å². The van der Waals surface area contributed by atoms with E-state index in [2.05, 4.69) is 30.7 Å². The van der Waals surface area contributed by atoms with Crippen molar-refractivity contribution in [1.82, 2.24) is 4.57 Å². The highest BCUT2D eigenvalue weighted by Gasteiger charge is 2.21. The number of nitrogens with one attached hydrogen (secondary N) is 1. The van der Waals surface area contributed by atoms with Crippen LogP contribution in [0.15, 0.2) is 18.2 Å². The largest absolute Gasteiger partial charge is 0.493 e. The molecule has 0 unspecified atom stereocenters. The van der Waals surface area contributed by atoms with Gasteiger partial charge >= 0.3 is 0 Å². The maximum absolute atomic E-state index is 12.8. The van der Waals surface area contributed by atoms with Crippen LogP contribution in [0.2, 0.25) is 0 Å². The van der Waals surface area contributed by atoms with Crippen molar-refractivity contribution >= 4 is 11.6 Å². The molecule has 0 aliphatic rings. The Kier molecular flexibility index (Phi) is 5.54. The van der Waals surface area contributed by atoms with E-state index in [-0.39, 0.29) is 5.91 Å². The Morgan fingerprint density at radius 1 is 1.12 bits per heavy atom. The van der Waals surface area contributed by atoms with Crippen molar-refractivity contribution in [2.24, 2.45) is 0 Å². The van der Waals surface area contributed by atoms with Gasteiger partial charge in [0.05, 0.1) is 14.2 Å². The Bertz CT molecular complexity index is 748. The van der Waals surface area contributed by atoms with Crippen LogP contribution in [0.25, 0.3) is 0 Å². The zero-order valence-electron chi connectivity index (χ0n) is 15.3. The van der Waals surface area contributed by atoms with Gasteiger partial charge in [-0.05, 0) is 50.5 Å². The minimum absolute atomic E-state index is 0.107. The molecule has 1 aromatic carbocycles. The molecule has 0 bridgehead atoms. The first-order valence-corrected chi connectivity index (χ1v) is 8.20. The molecule has 1 N–H and O–H groups in total. The number of methoxy groups -OCH3 is 2. The van der Waals surface area contributed by atoms with Gasteiger partial charge in [-0.25, -0.2) is 0 Å². The van der Waals surface area contributed by atoms with Crippen LogP contribution in [0.1, 0.15) is 41.2 Å². The molecule has 0 fully saturated rings. The number of carbonyl (C=O) groups is 1. The van der Waals surface area contributed by atoms with Crippen molar-refractivity contribution in [1.29, 1.82) is 0 Å². The van der Waals surface area contributed by atoms with E-state index < -0.39 is 0 Å². The fourth-order valence-corrected chi connectivity index (χ4v) is 3.26. The molecule has 0 saturated carbocycles. The lowest BCUT2D eigenvalue weighted by atomic mass is 10.1. The van der Waals surface area contributed by atoms with Crippen molar-refractivity contribution < 1.29 is 14.3 Å². The highest BCUT2D eigenvalue weighted by atomic mass is 16.5.